The average Bonchev–Trinajstić information content (AvgIpc) is 2.65. The van der Waals surface area contributed by atoms with Crippen LogP contribution < -0.4 is 14.8 Å². The van der Waals surface area contributed by atoms with Crippen LogP contribution >= 0.6 is 0 Å². The Morgan fingerprint density at radius 1 is 1.04 bits per heavy atom. The molecule has 0 fully saturated rings. The number of hydrogen-bond donors (Lipinski definition) is 2. The molecular weight excluding hydrogens is 322 g/mol. The molecule has 1 unspecified atom stereocenters. The first-order valence-electron chi connectivity index (χ1n) is 7.82. The van der Waals surface area contributed by atoms with Gasteiger partial charge in [0.05, 0.1) is 14.2 Å². The van der Waals surface area contributed by atoms with Crippen molar-refractivity contribution in [3.8, 4) is 11.5 Å². The van der Waals surface area contributed by atoms with Gasteiger partial charge in [-0.25, -0.2) is 4.79 Å². The number of ether oxygens (including phenoxy) is 2. The zero-order valence-corrected chi connectivity index (χ0v) is 14.4. The van der Waals surface area contributed by atoms with Crippen LogP contribution in [0, 0.1) is 0 Å². The number of nitrogens with one attached hydrogen (secondary N) is 1. The van der Waals surface area contributed by atoms with Gasteiger partial charge in [-0.3, -0.25) is 4.79 Å². The first-order chi connectivity index (χ1) is 12.0. The number of rotatable bonds is 7. The molecule has 0 aliphatic rings. The van der Waals surface area contributed by atoms with Crippen LogP contribution in [0.5, 0.6) is 11.5 Å². The lowest BCUT2D eigenvalue weighted by Crippen LogP contribution is -2.51. The Hall–Kier alpha value is -3.02. The first kappa shape index (κ1) is 18.3. The van der Waals surface area contributed by atoms with Crippen LogP contribution in [0.4, 0.5) is 0 Å². The van der Waals surface area contributed by atoms with Gasteiger partial charge in [0.2, 0.25) is 0 Å². The first-order valence-corrected chi connectivity index (χ1v) is 7.82. The van der Waals surface area contributed by atoms with E-state index in [1.54, 1.807) is 49.4 Å². The Kier molecular flexibility index (Phi) is 5.64. The minimum absolute atomic E-state index is 0.200. The van der Waals surface area contributed by atoms with Crippen molar-refractivity contribution in [1.82, 2.24) is 5.32 Å². The topological polar surface area (TPSA) is 84.9 Å². The molecule has 0 radical (unpaired) electrons. The van der Waals surface area contributed by atoms with Crippen molar-refractivity contribution in [2.24, 2.45) is 0 Å². The lowest BCUT2D eigenvalue weighted by atomic mass is 9.87. The van der Waals surface area contributed by atoms with Gasteiger partial charge in [0.25, 0.3) is 5.91 Å². The van der Waals surface area contributed by atoms with Gasteiger partial charge in [0.1, 0.15) is 0 Å². The second-order valence-electron chi connectivity index (χ2n) is 5.45. The molecule has 6 heteroatoms. The fraction of sp³-hybridized carbons (Fsp3) is 0.263. The van der Waals surface area contributed by atoms with Crippen LogP contribution in [-0.4, -0.2) is 31.2 Å². The largest absolute Gasteiger partial charge is 0.493 e. The van der Waals surface area contributed by atoms with Crippen molar-refractivity contribution in [2.45, 2.75) is 18.9 Å². The van der Waals surface area contributed by atoms with Gasteiger partial charge in [0, 0.05) is 5.56 Å². The number of carboxylic acid groups (broad SMARTS) is 1. The highest BCUT2D eigenvalue weighted by Gasteiger charge is 2.40. The molecule has 1 atom stereocenters. The van der Waals surface area contributed by atoms with Gasteiger partial charge >= 0.3 is 5.97 Å². The lowest BCUT2D eigenvalue weighted by Gasteiger charge is -2.30. The summed E-state index contributed by atoms with van der Waals surface area (Å²) in [6.07, 6.45) is 0.200. The van der Waals surface area contributed by atoms with E-state index in [1.807, 2.05) is 0 Å². The summed E-state index contributed by atoms with van der Waals surface area (Å²) >= 11 is 0. The zero-order valence-electron chi connectivity index (χ0n) is 14.4. The van der Waals surface area contributed by atoms with Crippen molar-refractivity contribution in [3.05, 3.63) is 59.7 Å². The van der Waals surface area contributed by atoms with Crippen molar-refractivity contribution in [3.63, 3.8) is 0 Å². The molecule has 25 heavy (non-hydrogen) atoms. The minimum atomic E-state index is -1.51. The number of hydrogen-bond acceptors (Lipinski definition) is 4. The Morgan fingerprint density at radius 2 is 1.68 bits per heavy atom. The molecule has 0 saturated carbocycles. The maximum absolute atomic E-state index is 12.7. The normalized spacial score (nSPS) is 12.8. The molecule has 0 aliphatic heterocycles. The molecule has 2 rings (SSSR count). The third-order valence-electron chi connectivity index (χ3n) is 4.13. The van der Waals surface area contributed by atoms with E-state index in [0.717, 1.165) is 0 Å². The summed E-state index contributed by atoms with van der Waals surface area (Å²) < 4.78 is 10.3. The summed E-state index contributed by atoms with van der Waals surface area (Å²) in [5.41, 5.74) is -0.711. The highest BCUT2D eigenvalue weighted by Crippen LogP contribution is 2.29. The average molecular weight is 343 g/mol. The smallest absolute Gasteiger partial charge is 0.334 e. The number of carbonyl (C=O) groups excluding carboxylic acids is 1. The maximum Gasteiger partial charge on any atom is 0.334 e. The quantitative estimate of drug-likeness (QED) is 0.807. The van der Waals surface area contributed by atoms with Crippen LogP contribution in [0.3, 0.4) is 0 Å². The van der Waals surface area contributed by atoms with E-state index in [1.165, 1.54) is 20.3 Å². The van der Waals surface area contributed by atoms with Gasteiger partial charge in [-0.05, 0) is 30.2 Å². The number of carboxylic acids is 1. The lowest BCUT2D eigenvalue weighted by molar-refractivity contribution is -0.145. The molecule has 0 heterocycles. The molecule has 0 aromatic heterocycles. The summed E-state index contributed by atoms with van der Waals surface area (Å²) in [7, 11) is 2.97. The van der Waals surface area contributed by atoms with Gasteiger partial charge in [-0.2, -0.15) is 0 Å². The van der Waals surface area contributed by atoms with Crippen LogP contribution in [0.25, 0.3) is 0 Å². The van der Waals surface area contributed by atoms with E-state index in [0.29, 0.717) is 17.1 Å². The van der Waals surface area contributed by atoms with Crippen LogP contribution in [0.2, 0.25) is 0 Å². The zero-order chi connectivity index (χ0) is 18.4. The van der Waals surface area contributed by atoms with Crippen LogP contribution in [0.1, 0.15) is 29.3 Å². The third kappa shape index (κ3) is 3.57. The van der Waals surface area contributed by atoms with E-state index >= 15 is 0 Å². The summed E-state index contributed by atoms with van der Waals surface area (Å²) in [5.74, 6) is -0.738. The molecular formula is C19H21NO5. The second-order valence-corrected chi connectivity index (χ2v) is 5.45. The SMILES string of the molecule is CCC(NC(=O)c1ccc(OC)c(OC)c1)(C(=O)O)c1ccccc1. The molecule has 0 spiro atoms. The Labute approximate surface area is 146 Å². The summed E-state index contributed by atoms with van der Waals surface area (Å²) in [6.45, 7) is 1.72. The van der Waals surface area contributed by atoms with Crippen LogP contribution in [-0.2, 0) is 10.3 Å². The van der Waals surface area contributed by atoms with E-state index < -0.39 is 17.4 Å². The Balaban J connectivity index is 2.40. The number of benzene rings is 2. The van der Waals surface area contributed by atoms with Crippen molar-refractivity contribution < 1.29 is 24.2 Å². The van der Waals surface area contributed by atoms with Crippen molar-refractivity contribution in [1.29, 1.82) is 0 Å². The van der Waals surface area contributed by atoms with Gasteiger partial charge in [-0.15, -0.1) is 0 Å². The van der Waals surface area contributed by atoms with Gasteiger partial charge in [-0.1, -0.05) is 37.3 Å². The van der Waals surface area contributed by atoms with E-state index in [2.05, 4.69) is 5.32 Å². The van der Waals surface area contributed by atoms with E-state index in [4.69, 9.17) is 9.47 Å². The fourth-order valence-corrected chi connectivity index (χ4v) is 2.66. The van der Waals surface area contributed by atoms with Gasteiger partial charge < -0.3 is 19.9 Å². The van der Waals surface area contributed by atoms with Crippen molar-refractivity contribution in [2.75, 3.05) is 14.2 Å². The molecule has 1 amide bonds. The molecule has 0 aliphatic carbocycles. The molecule has 2 aromatic rings. The van der Waals surface area contributed by atoms with E-state index in [-0.39, 0.29) is 12.0 Å². The number of carbonyl (C=O) groups is 2. The summed E-state index contributed by atoms with van der Waals surface area (Å²) in [6, 6.07) is 13.3. The number of amides is 1. The highest BCUT2D eigenvalue weighted by atomic mass is 16.5. The molecule has 0 saturated heterocycles. The van der Waals surface area contributed by atoms with Crippen LogP contribution in [0.15, 0.2) is 48.5 Å². The predicted molar refractivity (Wildman–Crippen MR) is 93.1 cm³/mol. The molecule has 132 valence electrons. The highest BCUT2D eigenvalue weighted by molar-refractivity contribution is 5.98. The number of methoxy groups -OCH3 is 2. The second kappa shape index (κ2) is 7.70. The summed E-state index contributed by atoms with van der Waals surface area (Å²) in [4.78, 5) is 24.7. The maximum atomic E-state index is 12.7. The molecule has 2 N–H and O–H groups in total. The standard InChI is InChI=1S/C19H21NO5/c1-4-19(18(22)23,14-8-6-5-7-9-14)20-17(21)13-10-11-15(24-2)16(12-13)25-3/h5-12H,4H2,1-3H3,(H,20,21)(H,22,23). The molecule has 0 bridgehead atoms. The predicted octanol–water partition coefficient (Wildman–Crippen LogP) is 2.82. The molecule has 6 nitrogen and oxygen atoms in total. The fourth-order valence-electron chi connectivity index (χ4n) is 2.66. The number of aliphatic carboxylic acids is 1. The Morgan fingerprint density at radius 3 is 2.20 bits per heavy atom. The third-order valence-corrected chi connectivity index (χ3v) is 4.13. The van der Waals surface area contributed by atoms with E-state index in [9.17, 15) is 14.7 Å². The van der Waals surface area contributed by atoms with Gasteiger partial charge in [0.15, 0.2) is 17.0 Å². The Bertz CT molecular complexity index is 760. The minimum Gasteiger partial charge on any atom is -0.493 e. The summed E-state index contributed by atoms with van der Waals surface area (Å²) in [5, 5.41) is 12.5. The molecule has 2 aromatic carbocycles. The van der Waals surface area contributed by atoms with Crippen molar-refractivity contribution >= 4 is 11.9 Å². The monoisotopic (exact) mass is 343 g/mol.